The molecule has 0 spiro atoms. The highest BCUT2D eigenvalue weighted by Gasteiger charge is 2.24. The molecule has 1 aromatic rings. The number of ether oxygens (including phenoxy) is 3. The number of amides is 1. The number of methoxy groups -OCH3 is 1. The van der Waals surface area contributed by atoms with Crippen LogP contribution in [0.2, 0.25) is 0 Å². The van der Waals surface area contributed by atoms with Crippen molar-refractivity contribution < 1.29 is 19.0 Å². The largest absolute Gasteiger partial charge is 0.495 e. The number of nitrogens with one attached hydrogen (secondary N) is 1. The molecular weight excluding hydrogens is 284 g/mol. The number of carbonyl (C=O) groups excluding carboxylic acids is 1. The Kier molecular flexibility index (Phi) is 4.49. The van der Waals surface area contributed by atoms with Crippen molar-refractivity contribution in [3.8, 4) is 11.5 Å². The fourth-order valence-electron chi connectivity index (χ4n) is 2.81. The number of fused-ring (bicyclic) bond motifs is 1. The molecule has 1 N–H and O–H groups in total. The summed E-state index contributed by atoms with van der Waals surface area (Å²) in [5.74, 6) is 1.80. The molecule has 1 amide bonds. The zero-order valence-corrected chi connectivity index (χ0v) is 13.1. The molecular formula is C16H22N2O4. The van der Waals surface area contributed by atoms with Crippen molar-refractivity contribution in [2.75, 3.05) is 51.9 Å². The molecule has 2 heterocycles. The first-order chi connectivity index (χ1) is 10.7. The van der Waals surface area contributed by atoms with Gasteiger partial charge in [-0.1, -0.05) is 6.92 Å². The molecule has 0 radical (unpaired) electrons. The second-order valence-electron chi connectivity index (χ2n) is 5.74. The van der Waals surface area contributed by atoms with Gasteiger partial charge in [0.15, 0.2) is 0 Å². The summed E-state index contributed by atoms with van der Waals surface area (Å²) in [7, 11) is 1.61. The van der Waals surface area contributed by atoms with E-state index in [9.17, 15) is 4.79 Å². The molecule has 120 valence electrons. The number of hydrogen-bond acceptors (Lipinski definition) is 5. The molecule has 2 aliphatic rings. The van der Waals surface area contributed by atoms with Crippen molar-refractivity contribution in [1.29, 1.82) is 0 Å². The highest BCUT2D eigenvalue weighted by atomic mass is 16.5. The van der Waals surface area contributed by atoms with Gasteiger partial charge in [-0.3, -0.25) is 9.69 Å². The predicted octanol–water partition coefficient (Wildman–Crippen LogP) is 1.46. The standard InChI is InChI=1S/C16H22N2O4/c1-11-10-22-14-8-13(15(20-2)7-12(11)14)17-16(19)9-18-3-5-21-6-4-18/h7-8,11H,3-6,9-10H2,1-2H3,(H,17,19). The van der Waals surface area contributed by atoms with E-state index in [-0.39, 0.29) is 5.91 Å². The maximum absolute atomic E-state index is 12.2. The molecule has 6 nitrogen and oxygen atoms in total. The van der Waals surface area contributed by atoms with E-state index in [0.717, 1.165) is 24.4 Å². The summed E-state index contributed by atoms with van der Waals surface area (Å²) in [6.07, 6.45) is 0. The van der Waals surface area contributed by atoms with Gasteiger partial charge >= 0.3 is 0 Å². The third kappa shape index (κ3) is 3.18. The monoisotopic (exact) mass is 306 g/mol. The van der Waals surface area contributed by atoms with Crippen molar-refractivity contribution in [2.24, 2.45) is 0 Å². The van der Waals surface area contributed by atoms with E-state index < -0.39 is 0 Å². The topological polar surface area (TPSA) is 60.0 Å². The van der Waals surface area contributed by atoms with Crippen molar-refractivity contribution in [3.63, 3.8) is 0 Å². The van der Waals surface area contributed by atoms with Gasteiger partial charge in [-0.05, 0) is 6.07 Å². The van der Waals surface area contributed by atoms with Gasteiger partial charge < -0.3 is 19.5 Å². The molecule has 1 saturated heterocycles. The van der Waals surface area contributed by atoms with E-state index in [0.29, 0.717) is 43.7 Å². The van der Waals surface area contributed by atoms with Crippen molar-refractivity contribution in [1.82, 2.24) is 4.90 Å². The molecule has 0 bridgehead atoms. The molecule has 1 fully saturated rings. The molecule has 0 aliphatic carbocycles. The van der Waals surface area contributed by atoms with Crippen LogP contribution in [0.25, 0.3) is 0 Å². The van der Waals surface area contributed by atoms with Crippen LogP contribution in [0.1, 0.15) is 18.4 Å². The van der Waals surface area contributed by atoms with E-state index in [1.807, 2.05) is 12.1 Å². The molecule has 1 unspecified atom stereocenters. The second kappa shape index (κ2) is 6.54. The van der Waals surface area contributed by atoms with Crippen LogP contribution in [-0.2, 0) is 9.53 Å². The molecule has 1 aromatic carbocycles. The Labute approximate surface area is 130 Å². The Bertz CT molecular complexity index is 555. The number of anilines is 1. The number of nitrogens with zero attached hydrogens (tertiary/aromatic N) is 1. The number of hydrogen-bond donors (Lipinski definition) is 1. The van der Waals surface area contributed by atoms with E-state index in [4.69, 9.17) is 14.2 Å². The number of carbonyl (C=O) groups is 1. The minimum absolute atomic E-state index is 0.0498. The minimum atomic E-state index is -0.0498. The molecule has 0 aromatic heterocycles. The lowest BCUT2D eigenvalue weighted by molar-refractivity contribution is -0.118. The lowest BCUT2D eigenvalue weighted by Gasteiger charge is -2.26. The Hall–Kier alpha value is -1.79. The van der Waals surface area contributed by atoms with Crippen LogP contribution < -0.4 is 14.8 Å². The third-order valence-corrected chi connectivity index (χ3v) is 4.10. The zero-order chi connectivity index (χ0) is 15.5. The zero-order valence-electron chi connectivity index (χ0n) is 13.1. The fourth-order valence-corrected chi connectivity index (χ4v) is 2.81. The van der Waals surface area contributed by atoms with Gasteiger partial charge in [0.2, 0.25) is 5.91 Å². The maximum atomic E-state index is 12.2. The highest BCUT2D eigenvalue weighted by molar-refractivity contribution is 5.94. The molecule has 6 heteroatoms. The maximum Gasteiger partial charge on any atom is 0.238 e. The second-order valence-corrected chi connectivity index (χ2v) is 5.74. The van der Waals surface area contributed by atoms with Crippen LogP contribution in [0, 0.1) is 0 Å². The number of morpholine rings is 1. The lowest BCUT2D eigenvalue weighted by Crippen LogP contribution is -2.41. The van der Waals surface area contributed by atoms with E-state index >= 15 is 0 Å². The SMILES string of the molecule is COc1cc2c(cc1NC(=O)CN1CCOCC1)OCC2C. The molecule has 2 aliphatic heterocycles. The summed E-state index contributed by atoms with van der Waals surface area (Å²) in [4.78, 5) is 14.3. The average molecular weight is 306 g/mol. The molecule has 3 rings (SSSR count). The number of rotatable bonds is 4. The van der Waals surface area contributed by atoms with Gasteiger partial charge in [-0.25, -0.2) is 0 Å². The Morgan fingerprint density at radius 3 is 2.91 bits per heavy atom. The highest BCUT2D eigenvalue weighted by Crippen LogP contribution is 2.40. The normalized spacial score (nSPS) is 21.1. The van der Waals surface area contributed by atoms with Crippen molar-refractivity contribution >= 4 is 11.6 Å². The van der Waals surface area contributed by atoms with Gasteiger partial charge in [0, 0.05) is 30.6 Å². The predicted molar refractivity (Wildman–Crippen MR) is 82.8 cm³/mol. The van der Waals surface area contributed by atoms with E-state index in [2.05, 4.69) is 17.1 Å². The van der Waals surface area contributed by atoms with Crippen molar-refractivity contribution in [3.05, 3.63) is 17.7 Å². The first-order valence-corrected chi connectivity index (χ1v) is 7.62. The summed E-state index contributed by atoms with van der Waals surface area (Å²) in [5, 5.41) is 2.93. The number of benzene rings is 1. The van der Waals surface area contributed by atoms with Crippen LogP contribution in [0.3, 0.4) is 0 Å². The van der Waals surface area contributed by atoms with Crippen LogP contribution in [0.5, 0.6) is 11.5 Å². The quantitative estimate of drug-likeness (QED) is 0.912. The van der Waals surface area contributed by atoms with Gasteiger partial charge in [0.1, 0.15) is 11.5 Å². The Morgan fingerprint density at radius 2 is 2.18 bits per heavy atom. The first kappa shape index (κ1) is 15.1. The van der Waals surface area contributed by atoms with Crippen LogP contribution >= 0.6 is 0 Å². The smallest absolute Gasteiger partial charge is 0.238 e. The van der Waals surface area contributed by atoms with Crippen LogP contribution in [0.15, 0.2) is 12.1 Å². The lowest BCUT2D eigenvalue weighted by atomic mass is 10.0. The molecule has 22 heavy (non-hydrogen) atoms. The Morgan fingerprint density at radius 1 is 1.41 bits per heavy atom. The molecule has 0 saturated carbocycles. The summed E-state index contributed by atoms with van der Waals surface area (Å²) in [6, 6.07) is 3.81. The van der Waals surface area contributed by atoms with Crippen LogP contribution in [-0.4, -0.2) is 57.4 Å². The average Bonchev–Trinajstić information content (AvgIpc) is 2.88. The van der Waals surface area contributed by atoms with Crippen LogP contribution in [0.4, 0.5) is 5.69 Å². The van der Waals surface area contributed by atoms with Gasteiger partial charge in [0.05, 0.1) is 39.2 Å². The third-order valence-electron chi connectivity index (χ3n) is 4.10. The fraction of sp³-hybridized carbons (Fsp3) is 0.562. The Balaban J connectivity index is 1.70. The van der Waals surface area contributed by atoms with Gasteiger partial charge in [-0.2, -0.15) is 0 Å². The van der Waals surface area contributed by atoms with E-state index in [1.165, 1.54) is 0 Å². The van der Waals surface area contributed by atoms with E-state index in [1.54, 1.807) is 7.11 Å². The summed E-state index contributed by atoms with van der Waals surface area (Å²) >= 11 is 0. The first-order valence-electron chi connectivity index (χ1n) is 7.62. The minimum Gasteiger partial charge on any atom is -0.495 e. The molecule has 1 atom stereocenters. The van der Waals surface area contributed by atoms with Crippen molar-refractivity contribution in [2.45, 2.75) is 12.8 Å². The summed E-state index contributed by atoms with van der Waals surface area (Å²) < 4.78 is 16.3. The van der Waals surface area contributed by atoms with Gasteiger partial charge in [-0.15, -0.1) is 0 Å². The van der Waals surface area contributed by atoms with Gasteiger partial charge in [0.25, 0.3) is 0 Å². The summed E-state index contributed by atoms with van der Waals surface area (Å²) in [5.41, 5.74) is 1.79. The summed E-state index contributed by atoms with van der Waals surface area (Å²) in [6.45, 7) is 6.08.